The van der Waals surface area contributed by atoms with E-state index in [9.17, 15) is 19.2 Å². The van der Waals surface area contributed by atoms with E-state index in [-0.39, 0.29) is 36.6 Å². The highest BCUT2D eigenvalue weighted by Gasteiger charge is 2.08. The third-order valence-electron chi connectivity index (χ3n) is 11.2. The Morgan fingerprint density at radius 1 is 0.453 bits per heavy atom. The molecule has 0 heterocycles. The molecule has 2 amide bonds. The number of anilines is 2. The zero-order valence-corrected chi connectivity index (χ0v) is 48.8. The molecule has 4 rings (SSSR count). The number of ketones is 2. The van der Waals surface area contributed by atoms with E-state index in [4.69, 9.17) is 59.4 Å². The van der Waals surface area contributed by atoms with Gasteiger partial charge in [-0.3, -0.25) is 19.2 Å². The molecule has 4 aromatic rings. The summed E-state index contributed by atoms with van der Waals surface area (Å²) in [6.07, 6.45) is 21.5. The first-order valence-electron chi connectivity index (χ1n) is 27.9. The molecule has 456 valence electrons. The third-order valence-corrected chi connectivity index (χ3v) is 11.2. The fourth-order valence-electron chi connectivity index (χ4n) is 6.84. The molecule has 0 atom stereocenters. The summed E-state index contributed by atoms with van der Waals surface area (Å²) < 4.78 is 21.4. The van der Waals surface area contributed by atoms with Crippen molar-refractivity contribution in [1.29, 1.82) is 0 Å². The lowest BCUT2D eigenvalue weighted by atomic mass is 10.1. The summed E-state index contributed by atoms with van der Waals surface area (Å²) in [5.41, 5.74) is 45.8. The van der Waals surface area contributed by atoms with Crippen LogP contribution in [0.2, 0.25) is 0 Å². The van der Waals surface area contributed by atoms with Gasteiger partial charge in [-0.15, -0.1) is 18.8 Å². The Balaban J connectivity index is 0.000000575. The van der Waals surface area contributed by atoms with Gasteiger partial charge in [0, 0.05) is 135 Å². The fourth-order valence-corrected chi connectivity index (χ4v) is 6.84. The van der Waals surface area contributed by atoms with Crippen LogP contribution in [0.3, 0.4) is 0 Å². The minimum absolute atomic E-state index is 0.0214. The first-order valence-corrected chi connectivity index (χ1v) is 27.9. The van der Waals surface area contributed by atoms with Gasteiger partial charge in [-0.25, -0.2) is 0 Å². The molecule has 0 saturated carbocycles. The number of hydrogen-bond donors (Lipinski definition) is 4. The van der Waals surface area contributed by atoms with E-state index in [2.05, 4.69) is 90.2 Å². The number of Topliss-reactive ketones (excluding diaryl/α,β-unsaturated/α-hetero) is 2. The van der Waals surface area contributed by atoms with Gasteiger partial charge in [-0.1, -0.05) is 130 Å². The third kappa shape index (κ3) is 41.6. The average molecular weight is 1180 g/mol. The van der Waals surface area contributed by atoms with Crippen LogP contribution in [0.1, 0.15) is 111 Å². The highest BCUT2D eigenvalue weighted by molar-refractivity contribution is 5.97. The lowest BCUT2D eigenvalue weighted by Crippen LogP contribution is -2.24. The monoisotopic (exact) mass is 1180 g/mol. The van der Waals surface area contributed by atoms with Crippen LogP contribution in [-0.4, -0.2) is 109 Å². The van der Waals surface area contributed by atoms with Crippen molar-refractivity contribution in [3.63, 3.8) is 0 Å². The zero-order valence-electron chi connectivity index (χ0n) is 48.8. The summed E-state index contributed by atoms with van der Waals surface area (Å²) in [6, 6.07) is 26.4. The zero-order chi connectivity index (χ0) is 62.8. The second kappa shape index (κ2) is 53.6. The number of terminal acetylenes is 2. The summed E-state index contributed by atoms with van der Waals surface area (Å²) in [6.45, 7) is 8.93. The molecule has 0 spiro atoms. The van der Waals surface area contributed by atoms with E-state index in [1.54, 1.807) is 97.1 Å². The van der Waals surface area contributed by atoms with Crippen molar-refractivity contribution in [2.75, 3.05) is 96.2 Å². The smallest absolute Gasteiger partial charge is 0.250 e. The van der Waals surface area contributed by atoms with Crippen LogP contribution in [-0.2, 0) is 28.5 Å². The maximum Gasteiger partial charge on any atom is 0.250 e. The summed E-state index contributed by atoms with van der Waals surface area (Å²) in [4.78, 5) is 60.5. The number of azide groups is 5. The molecule has 0 aliphatic carbocycles. The van der Waals surface area contributed by atoms with Gasteiger partial charge < -0.3 is 40.2 Å². The van der Waals surface area contributed by atoms with Gasteiger partial charge in [0.2, 0.25) is 11.8 Å². The topological polar surface area (TPSA) is 397 Å². The number of benzene rings is 4. The largest absolute Gasteiger partial charge is 0.381 e. The molecule has 4 N–H and O–H groups in total. The Bertz CT molecular complexity index is 2890. The first kappa shape index (κ1) is 74.6. The maximum absolute atomic E-state index is 12.0. The van der Waals surface area contributed by atoms with Gasteiger partial charge in [0.25, 0.3) is 0 Å². The lowest BCUT2D eigenvalue weighted by Gasteiger charge is -2.07. The molecule has 27 nitrogen and oxygen atoms in total. The van der Waals surface area contributed by atoms with E-state index in [1.807, 2.05) is 0 Å². The van der Waals surface area contributed by atoms with Crippen LogP contribution >= 0.6 is 0 Å². The molecular weight excluding hydrogens is 1100 g/mol. The summed E-state index contributed by atoms with van der Waals surface area (Å²) in [5, 5.41) is 28.8. The Morgan fingerprint density at radius 3 is 1.27 bits per heavy atom. The second-order valence-electron chi connectivity index (χ2n) is 17.9. The molecule has 0 bridgehead atoms. The number of ether oxygens (including phenoxy) is 4. The molecule has 86 heavy (non-hydrogen) atoms. The molecule has 0 aliphatic rings. The van der Waals surface area contributed by atoms with Crippen molar-refractivity contribution in [3.05, 3.63) is 160 Å². The lowest BCUT2D eigenvalue weighted by molar-refractivity contribution is -0.121. The van der Waals surface area contributed by atoms with E-state index < -0.39 is 0 Å². The number of nitrogens with zero attached hydrogens (tertiary/aromatic N) is 15. The van der Waals surface area contributed by atoms with E-state index in [0.717, 1.165) is 70.9 Å². The molecule has 0 aliphatic heterocycles. The number of carbonyl (C=O) groups is 4. The highest BCUT2D eigenvalue weighted by Crippen LogP contribution is 2.19. The predicted octanol–water partition coefficient (Wildman–Crippen LogP) is 14.7. The number of amides is 2. The van der Waals surface area contributed by atoms with Crippen molar-refractivity contribution < 1.29 is 38.1 Å². The van der Waals surface area contributed by atoms with Crippen LogP contribution < -0.4 is 21.3 Å². The molecular formula is C59H77N19O8. The molecule has 27 heteroatoms. The maximum atomic E-state index is 12.0. The molecule has 0 saturated heterocycles. The number of hydrogen-bond acceptors (Lipinski definition) is 15. The second-order valence-corrected chi connectivity index (χ2v) is 17.9. The number of rotatable bonds is 41. The standard InChI is InChI=1S/C16H22N6O2.C16H19N3O2.C14H21N5O2.C13H15N5O2/c17-21-19-11-3-1-2-4-12-24-13-5-6-16(23)14-7-9-15(10-8-14)20-22-18;1-2-3-4-5-12-21-13-6-7-16(20)14-8-10-15(11-9-14)18-19-17;1-2-3-8-16-9-10-21-11-14(20)17-12-4-6-13(7-5-12)18-19-15;1-2-7-15-8-9-20-10-13(19)16-11-3-5-12(6-4-11)17-18-14/h7-10H,1-6,11-13H2;1,8-11H,3-7,12-13H2;4-7,16H,2-3,8-11H2,1H3,(H,17,20);1,3-6,15H,7-10H2,(H,16,19). The molecule has 4 aromatic carbocycles. The van der Waals surface area contributed by atoms with Crippen LogP contribution in [0.25, 0.3) is 52.2 Å². The van der Waals surface area contributed by atoms with E-state index >= 15 is 0 Å². The number of carbonyl (C=O) groups excluding carboxylic acids is 4. The summed E-state index contributed by atoms with van der Waals surface area (Å²) >= 11 is 0. The van der Waals surface area contributed by atoms with Gasteiger partial charge in [0.05, 0.1) is 19.8 Å². The quantitative estimate of drug-likeness (QED) is 0.00812. The number of nitrogens with one attached hydrogen (secondary N) is 4. The minimum Gasteiger partial charge on any atom is -0.381 e. The normalized spacial score (nSPS) is 9.71. The Morgan fingerprint density at radius 2 is 0.860 bits per heavy atom. The predicted molar refractivity (Wildman–Crippen MR) is 333 cm³/mol. The highest BCUT2D eigenvalue weighted by atomic mass is 16.5. The molecule has 0 aromatic heterocycles. The van der Waals surface area contributed by atoms with Crippen molar-refractivity contribution in [1.82, 2.24) is 10.6 Å². The van der Waals surface area contributed by atoms with Gasteiger partial charge in [0.15, 0.2) is 11.6 Å². The van der Waals surface area contributed by atoms with Crippen LogP contribution in [0.4, 0.5) is 34.1 Å². The summed E-state index contributed by atoms with van der Waals surface area (Å²) in [7, 11) is 0. The average Bonchev–Trinajstić information content (AvgIpc) is 3.62. The SMILES string of the molecule is C#CCCCCOCCCC(=O)c1ccc(N=[N+]=[N-])cc1.C#CCNCCOCC(=O)Nc1ccc(N=[N+]=[N-])cc1.CCCCNCCOCC(=O)Nc1ccc(N=[N+]=[N-])cc1.[N-]=[N+]=NCCCCCCOCCCC(=O)c1ccc(N=[N+]=[N-])cc1. The Kier molecular flexibility index (Phi) is 46.5. The van der Waals surface area contributed by atoms with Crippen LogP contribution in [0.5, 0.6) is 0 Å². The van der Waals surface area contributed by atoms with Gasteiger partial charge in [0.1, 0.15) is 13.2 Å². The van der Waals surface area contributed by atoms with Crippen molar-refractivity contribution >= 4 is 57.5 Å². The fraction of sp³-hybridized carbons (Fsp3) is 0.458. The van der Waals surface area contributed by atoms with Crippen molar-refractivity contribution in [3.8, 4) is 24.7 Å². The molecule has 0 fully saturated rings. The Hall–Kier alpha value is -9.41. The van der Waals surface area contributed by atoms with E-state index in [0.29, 0.717) is 130 Å². The van der Waals surface area contributed by atoms with E-state index in [1.165, 1.54) is 0 Å². The van der Waals surface area contributed by atoms with Gasteiger partial charge in [-0.2, -0.15) is 0 Å². The van der Waals surface area contributed by atoms with Crippen LogP contribution in [0, 0.1) is 24.7 Å². The molecule has 0 radical (unpaired) electrons. The number of unbranched alkanes of at least 4 members (excludes halogenated alkanes) is 6. The van der Waals surface area contributed by atoms with Crippen molar-refractivity contribution in [2.45, 2.75) is 90.4 Å². The van der Waals surface area contributed by atoms with Gasteiger partial charge >= 0.3 is 0 Å². The van der Waals surface area contributed by atoms with Crippen LogP contribution in [0.15, 0.2) is 123 Å². The molecule has 0 unspecified atom stereocenters. The Labute approximate surface area is 501 Å². The van der Waals surface area contributed by atoms with Crippen molar-refractivity contribution in [2.24, 2.45) is 25.6 Å². The van der Waals surface area contributed by atoms with Gasteiger partial charge in [-0.05, 0) is 103 Å². The minimum atomic E-state index is -0.251. The summed E-state index contributed by atoms with van der Waals surface area (Å²) in [5.74, 6) is 4.69. The first-order chi connectivity index (χ1) is 42.1.